The molecule has 0 spiro atoms. The highest BCUT2D eigenvalue weighted by atomic mass is 16.3. The number of hydrogen-bond donors (Lipinski definition) is 1. The van der Waals surface area contributed by atoms with E-state index in [9.17, 15) is 5.11 Å². The van der Waals surface area contributed by atoms with Gasteiger partial charge in [0.25, 0.3) is 0 Å². The van der Waals surface area contributed by atoms with Crippen LogP contribution in [0.2, 0.25) is 0 Å². The summed E-state index contributed by atoms with van der Waals surface area (Å²) in [5, 5.41) is 10.5. The van der Waals surface area contributed by atoms with Crippen LogP contribution < -0.4 is 4.90 Å². The smallest absolute Gasteiger partial charge is 0.225 e. The highest BCUT2D eigenvalue weighted by Crippen LogP contribution is 2.29. The zero-order chi connectivity index (χ0) is 15.5. The number of aliphatic hydroxyl groups is 1. The van der Waals surface area contributed by atoms with Crippen LogP contribution in [-0.2, 0) is 0 Å². The van der Waals surface area contributed by atoms with E-state index in [4.69, 9.17) is 0 Å². The van der Waals surface area contributed by atoms with Gasteiger partial charge in [0.1, 0.15) is 0 Å². The van der Waals surface area contributed by atoms with Crippen LogP contribution in [0.3, 0.4) is 0 Å². The first kappa shape index (κ1) is 15.0. The van der Waals surface area contributed by atoms with Gasteiger partial charge in [-0.25, -0.2) is 9.97 Å². The van der Waals surface area contributed by atoms with Crippen molar-refractivity contribution >= 4 is 5.95 Å². The summed E-state index contributed by atoms with van der Waals surface area (Å²) in [6.45, 7) is 5.01. The molecule has 2 atom stereocenters. The fraction of sp³-hybridized carbons (Fsp3) is 0.444. The fourth-order valence-corrected chi connectivity index (χ4v) is 3.07. The standard InChI is InChI=1S/C18H23N3O/c1-13-12-19-18(20-14(13)2)21-10-6-9-16(21)11-17(22)15-7-4-3-5-8-15/h3-5,7-8,12,16-17,22H,6,9-11H2,1-2H3/t16-,17+/m1/s1. The summed E-state index contributed by atoms with van der Waals surface area (Å²) in [6, 6.07) is 10.2. The largest absolute Gasteiger partial charge is 0.388 e. The van der Waals surface area contributed by atoms with Crippen molar-refractivity contribution in [2.24, 2.45) is 0 Å². The average molecular weight is 297 g/mol. The minimum atomic E-state index is -0.432. The first-order valence-electron chi connectivity index (χ1n) is 7.95. The van der Waals surface area contributed by atoms with Crippen molar-refractivity contribution in [1.29, 1.82) is 0 Å². The third kappa shape index (κ3) is 3.12. The Labute approximate surface area is 131 Å². The van der Waals surface area contributed by atoms with Gasteiger partial charge in [-0.2, -0.15) is 0 Å². The summed E-state index contributed by atoms with van der Waals surface area (Å²) in [5.41, 5.74) is 3.12. The van der Waals surface area contributed by atoms with Gasteiger partial charge in [0.05, 0.1) is 6.10 Å². The Bertz CT molecular complexity index is 629. The van der Waals surface area contributed by atoms with Crippen LogP contribution in [0.25, 0.3) is 0 Å². The molecule has 1 fully saturated rings. The predicted octanol–water partition coefficient (Wildman–Crippen LogP) is 3.19. The molecule has 2 aromatic rings. The van der Waals surface area contributed by atoms with Crippen molar-refractivity contribution in [2.75, 3.05) is 11.4 Å². The number of hydrogen-bond acceptors (Lipinski definition) is 4. The van der Waals surface area contributed by atoms with Gasteiger partial charge in [0, 0.05) is 24.5 Å². The molecule has 0 aliphatic carbocycles. The molecular weight excluding hydrogens is 274 g/mol. The molecule has 4 nitrogen and oxygen atoms in total. The van der Waals surface area contributed by atoms with Crippen molar-refractivity contribution in [3.63, 3.8) is 0 Å². The van der Waals surface area contributed by atoms with Crippen molar-refractivity contribution in [1.82, 2.24) is 9.97 Å². The third-order valence-corrected chi connectivity index (χ3v) is 4.53. The first-order valence-corrected chi connectivity index (χ1v) is 7.95. The van der Waals surface area contributed by atoms with Crippen molar-refractivity contribution < 1.29 is 5.11 Å². The second-order valence-corrected chi connectivity index (χ2v) is 6.09. The molecule has 116 valence electrons. The zero-order valence-corrected chi connectivity index (χ0v) is 13.2. The Morgan fingerprint density at radius 2 is 2.05 bits per heavy atom. The van der Waals surface area contributed by atoms with E-state index in [1.165, 1.54) is 0 Å². The third-order valence-electron chi connectivity index (χ3n) is 4.53. The first-order chi connectivity index (χ1) is 10.6. The van der Waals surface area contributed by atoms with Crippen LogP contribution in [0, 0.1) is 13.8 Å². The average Bonchev–Trinajstić information content (AvgIpc) is 2.99. The van der Waals surface area contributed by atoms with Crippen LogP contribution >= 0.6 is 0 Å². The monoisotopic (exact) mass is 297 g/mol. The number of anilines is 1. The number of nitrogens with zero attached hydrogens (tertiary/aromatic N) is 3. The lowest BCUT2D eigenvalue weighted by molar-refractivity contribution is 0.158. The fourth-order valence-electron chi connectivity index (χ4n) is 3.07. The second-order valence-electron chi connectivity index (χ2n) is 6.09. The summed E-state index contributed by atoms with van der Waals surface area (Å²) >= 11 is 0. The number of aromatic nitrogens is 2. The molecule has 0 radical (unpaired) electrons. The highest BCUT2D eigenvalue weighted by Gasteiger charge is 2.29. The maximum absolute atomic E-state index is 10.5. The van der Waals surface area contributed by atoms with E-state index in [0.29, 0.717) is 6.04 Å². The lowest BCUT2D eigenvalue weighted by Gasteiger charge is -2.27. The Hall–Kier alpha value is -1.94. The van der Waals surface area contributed by atoms with Crippen LogP contribution in [0.1, 0.15) is 42.2 Å². The van der Waals surface area contributed by atoms with Gasteiger partial charge in [0.15, 0.2) is 0 Å². The van der Waals surface area contributed by atoms with Crippen LogP contribution in [0.5, 0.6) is 0 Å². The summed E-state index contributed by atoms with van der Waals surface area (Å²) in [4.78, 5) is 11.4. The Morgan fingerprint density at radius 3 is 2.77 bits per heavy atom. The lowest BCUT2D eigenvalue weighted by atomic mass is 10.0. The zero-order valence-electron chi connectivity index (χ0n) is 13.2. The quantitative estimate of drug-likeness (QED) is 0.941. The van der Waals surface area contributed by atoms with E-state index in [2.05, 4.69) is 14.9 Å². The molecule has 1 aliphatic heterocycles. The van der Waals surface area contributed by atoms with Gasteiger partial charge in [0.2, 0.25) is 5.95 Å². The predicted molar refractivity (Wildman–Crippen MR) is 87.9 cm³/mol. The lowest BCUT2D eigenvalue weighted by Crippen LogP contribution is -2.32. The number of rotatable bonds is 4. The van der Waals surface area contributed by atoms with E-state index >= 15 is 0 Å². The van der Waals surface area contributed by atoms with Crippen LogP contribution in [0.15, 0.2) is 36.5 Å². The number of aryl methyl sites for hydroxylation is 2. The molecule has 1 aromatic heterocycles. The summed E-state index contributed by atoms with van der Waals surface area (Å²) in [7, 11) is 0. The number of aliphatic hydroxyl groups excluding tert-OH is 1. The molecule has 1 aromatic carbocycles. The van der Waals surface area contributed by atoms with E-state index in [1.54, 1.807) is 0 Å². The van der Waals surface area contributed by atoms with Gasteiger partial charge in [-0.05, 0) is 44.2 Å². The Morgan fingerprint density at radius 1 is 1.27 bits per heavy atom. The molecule has 1 saturated heterocycles. The van der Waals surface area contributed by atoms with Crippen molar-refractivity contribution in [3.8, 4) is 0 Å². The topological polar surface area (TPSA) is 49.2 Å². The van der Waals surface area contributed by atoms with Gasteiger partial charge in [-0.15, -0.1) is 0 Å². The van der Waals surface area contributed by atoms with E-state index in [0.717, 1.165) is 48.6 Å². The highest BCUT2D eigenvalue weighted by molar-refractivity contribution is 5.36. The molecule has 1 aliphatic rings. The summed E-state index contributed by atoms with van der Waals surface area (Å²) in [5.74, 6) is 0.797. The minimum Gasteiger partial charge on any atom is -0.388 e. The van der Waals surface area contributed by atoms with E-state index in [-0.39, 0.29) is 0 Å². The van der Waals surface area contributed by atoms with E-state index < -0.39 is 6.10 Å². The summed E-state index contributed by atoms with van der Waals surface area (Å²) in [6.07, 6.45) is 4.39. The second kappa shape index (κ2) is 6.44. The van der Waals surface area contributed by atoms with Crippen molar-refractivity contribution in [2.45, 2.75) is 45.3 Å². The van der Waals surface area contributed by atoms with Crippen LogP contribution in [0.4, 0.5) is 5.95 Å². The molecule has 22 heavy (non-hydrogen) atoms. The SMILES string of the molecule is Cc1cnc(N2CCC[C@@H]2C[C@H](O)c2ccccc2)nc1C. The maximum Gasteiger partial charge on any atom is 0.225 e. The van der Waals surface area contributed by atoms with Gasteiger partial charge >= 0.3 is 0 Å². The molecule has 2 heterocycles. The maximum atomic E-state index is 10.5. The Balaban J connectivity index is 1.74. The molecule has 3 rings (SSSR count). The molecule has 0 bridgehead atoms. The minimum absolute atomic E-state index is 0.303. The molecule has 4 heteroatoms. The van der Waals surface area contributed by atoms with Gasteiger partial charge in [-0.1, -0.05) is 30.3 Å². The molecular formula is C18H23N3O. The number of benzene rings is 1. The summed E-state index contributed by atoms with van der Waals surface area (Å²) < 4.78 is 0. The van der Waals surface area contributed by atoms with E-state index in [1.807, 2.05) is 50.4 Å². The Kier molecular flexibility index (Phi) is 4.39. The molecule has 1 N–H and O–H groups in total. The molecule has 0 saturated carbocycles. The van der Waals surface area contributed by atoms with Crippen LogP contribution in [-0.4, -0.2) is 27.7 Å². The van der Waals surface area contributed by atoms with Gasteiger partial charge < -0.3 is 10.0 Å². The van der Waals surface area contributed by atoms with Gasteiger partial charge in [-0.3, -0.25) is 0 Å². The normalized spacial score (nSPS) is 19.4. The molecule has 0 amide bonds. The van der Waals surface area contributed by atoms with Crippen molar-refractivity contribution in [3.05, 3.63) is 53.3 Å². The molecule has 0 unspecified atom stereocenters.